The molecule has 3 atom stereocenters. The zero-order valence-corrected chi connectivity index (χ0v) is 14.6. The average molecular weight is 312 g/mol. The highest BCUT2D eigenvalue weighted by Crippen LogP contribution is 2.23. The van der Waals surface area contributed by atoms with E-state index in [1.807, 2.05) is 20.8 Å². The second-order valence-electron chi connectivity index (χ2n) is 7.83. The first kappa shape index (κ1) is 17.5. The molecule has 2 saturated heterocycles. The van der Waals surface area contributed by atoms with Gasteiger partial charge in [-0.1, -0.05) is 0 Å². The summed E-state index contributed by atoms with van der Waals surface area (Å²) < 4.78 is 10.8. The summed E-state index contributed by atoms with van der Waals surface area (Å²) in [6, 6.07) is 0.150. The zero-order valence-electron chi connectivity index (χ0n) is 14.6. The third-order valence-electron chi connectivity index (χ3n) is 4.53. The van der Waals surface area contributed by atoms with E-state index in [0.29, 0.717) is 11.8 Å². The van der Waals surface area contributed by atoms with Crippen LogP contribution in [0.5, 0.6) is 0 Å². The summed E-state index contributed by atoms with van der Waals surface area (Å²) in [5.74, 6) is 1.19. The Morgan fingerprint density at radius 1 is 1.41 bits per heavy atom. The van der Waals surface area contributed by atoms with Crippen LogP contribution in [0.1, 0.15) is 47.0 Å². The molecule has 0 saturated carbocycles. The molecule has 1 N–H and O–H groups in total. The third kappa shape index (κ3) is 5.76. The monoisotopic (exact) mass is 312 g/mol. The van der Waals surface area contributed by atoms with Crippen molar-refractivity contribution in [3.63, 3.8) is 0 Å². The SMILES string of the molecule is CC(NC(=O)OC(C)(C)C)C1CCCN(CC2CCOC2)C1. The van der Waals surface area contributed by atoms with Crippen molar-refractivity contribution in [2.75, 3.05) is 32.8 Å². The first-order valence-electron chi connectivity index (χ1n) is 8.63. The minimum absolute atomic E-state index is 0.150. The molecular formula is C17H32N2O3. The number of ether oxygens (including phenoxy) is 2. The summed E-state index contributed by atoms with van der Waals surface area (Å²) in [5, 5.41) is 3.01. The predicted octanol–water partition coefficient (Wildman–Crippen LogP) is 2.65. The molecule has 0 spiro atoms. The largest absolute Gasteiger partial charge is 0.444 e. The predicted molar refractivity (Wildman–Crippen MR) is 86.9 cm³/mol. The van der Waals surface area contributed by atoms with Crippen LogP contribution in [0.25, 0.3) is 0 Å². The van der Waals surface area contributed by atoms with Crippen LogP contribution >= 0.6 is 0 Å². The van der Waals surface area contributed by atoms with Gasteiger partial charge in [0.15, 0.2) is 0 Å². The Morgan fingerprint density at radius 3 is 2.82 bits per heavy atom. The second kappa shape index (κ2) is 7.64. The summed E-state index contributed by atoms with van der Waals surface area (Å²) in [6.07, 6.45) is 3.27. The molecule has 128 valence electrons. The molecule has 2 fully saturated rings. The number of nitrogens with zero attached hydrogens (tertiary/aromatic N) is 1. The first-order chi connectivity index (χ1) is 10.3. The number of carbonyl (C=O) groups is 1. The molecule has 2 aliphatic rings. The summed E-state index contributed by atoms with van der Waals surface area (Å²) in [6.45, 7) is 13.0. The summed E-state index contributed by atoms with van der Waals surface area (Å²) in [7, 11) is 0. The number of carbonyl (C=O) groups excluding carboxylic acids is 1. The van der Waals surface area contributed by atoms with Crippen molar-refractivity contribution in [3.8, 4) is 0 Å². The van der Waals surface area contributed by atoms with Gasteiger partial charge in [0.1, 0.15) is 5.60 Å². The maximum absolute atomic E-state index is 11.9. The first-order valence-corrected chi connectivity index (χ1v) is 8.63. The van der Waals surface area contributed by atoms with E-state index >= 15 is 0 Å². The molecule has 22 heavy (non-hydrogen) atoms. The molecule has 0 radical (unpaired) electrons. The van der Waals surface area contributed by atoms with Gasteiger partial charge in [0.25, 0.3) is 0 Å². The zero-order chi connectivity index (χ0) is 16.2. The molecule has 5 nitrogen and oxygen atoms in total. The fraction of sp³-hybridized carbons (Fsp3) is 0.941. The van der Waals surface area contributed by atoms with Crippen molar-refractivity contribution < 1.29 is 14.3 Å². The molecule has 2 aliphatic heterocycles. The molecule has 1 amide bonds. The molecule has 3 unspecified atom stereocenters. The van der Waals surface area contributed by atoms with Gasteiger partial charge in [0.05, 0.1) is 6.61 Å². The van der Waals surface area contributed by atoms with E-state index in [-0.39, 0.29) is 12.1 Å². The number of hydrogen-bond donors (Lipinski definition) is 1. The highest BCUT2D eigenvalue weighted by Gasteiger charge is 2.29. The van der Waals surface area contributed by atoms with Gasteiger partial charge < -0.3 is 19.7 Å². The third-order valence-corrected chi connectivity index (χ3v) is 4.53. The molecule has 2 rings (SSSR count). The summed E-state index contributed by atoms with van der Waals surface area (Å²) >= 11 is 0. The van der Waals surface area contributed by atoms with Gasteiger partial charge in [-0.05, 0) is 65.3 Å². The van der Waals surface area contributed by atoms with Crippen LogP contribution < -0.4 is 5.32 Å². The van der Waals surface area contributed by atoms with Gasteiger partial charge >= 0.3 is 6.09 Å². The van der Waals surface area contributed by atoms with Gasteiger partial charge in [-0.2, -0.15) is 0 Å². The van der Waals surface area contributed by atoms with Crippen molar-refractivity contribution >= 4 is 6.09 Å². The Morgan fingerprint density at radius 2 is 2.18 bits per heavy atom. The molecular weight excluding hydrogens is 280 g/mol. The van der Waals surface area contributed by atoms with Gasteiger partial charge in [-0.15, -0.1) is 0 Å². The summed E-state index contributed by atoms with van der Waals surface area (Å²) in [4.78, 5) is 14.5. The second-order valence-corrected chi connectivity index (χ2v) is 7.83. The molecule has 0 aromatic carbocycles. The number of alkyl carbamates (subject to hydrolysis) is 1. The van der Waals surface area contributed by atoms with E-state index in [9.17, 15) is 4.79 Å². The van der Waals surface area contributed by atoms with Crippen molar-refractivity contribution in [1.29, 1.82) is 0 Å². The van der Waals surface area contributed by atoms with E-state index in [1.165, 1.54) is 25.8 Å². The van der Waals surface area contributed by atoms with Crippen LogP contribution in [-0.4, -0.2) is 55.5 Å². The average Bonchev–Trinajstić information content (AvgIpc) is 2.89. The van der Waals surface area contributed by atoms with Crippen LogP contribution in [-0.2, 0) is 9.47 Å². The van der Waals surface area contributed by atoms with Crippen LogP contribution in [0.15, 0.2) is 0 Å². The van der Waals surface area contributed by atoms with Crippen LogP contribution in [0.3, 0.4) is 0 Å². The molecule has 0 aromatic heterocycles. The minimum atomic E-state index is -0.440. The van der Waals surface area contributed by atoms with Gasteiger partial charge in [0.2, 0.25) is 0 Å². The Hall–Kier alpha value is -0.810. The Kier molecular flexibility index (Phi) is 6.09. The molecule has 0 aromatic rings. The Labute approximate surface area is 134 Å². The van der Waals surface area contributed by atoms with E-state index < -0.39 is 5.60 Å². The maximum Gasteiger partial charge on any atom is 0.407 e. The Bertz CT molecular complexity index is 361. The highest BCUT2D eigenvalue weighted by atomic mass is 16.6. The highest BCUT2D eigenvalue weighted by molar-refractivity contribution is 5.68. The quantitative estimate of drug-likeness (QED) is 0.867. The van der Waals surface area contributed by atoms with Crippen molar-refractivity contribution in [1.82, 2.24) is 10.2 Å². The van der Waals surface area contributed by atoms with E-state index in [0.717, 1.165) is 26.3 Å². The normalized spacial score (nSPS) is 28.4. The minimum Gasteiger partial charge on any atom is -0.444 e. The number of likely N-dealkylation sites (tertiary alicyclic amines) is 1. The molecule has 0 aliphatic carbocycles. The Balaban J connectivity index is 1.76. The van der Waals surface area contributed by atoms with Crippen molar-refractivity contribution in [3.05, 3.63) is 0 Å². The maximum atomic E-state index is 11.9. The van der Waals surface area contributed by atoms with Gasteiger partial charge in [-0.25, -0.2) is 4.79 Å². The molecule has 2 heterocycles. The standard InChI is InChI=1S/C17H32N2O3/c1-13(18-16(20)22-17(2,3)4)15-6-5-8-19(11-15)10-14-7-9-21-12-14/h13-15H,5-12H2,1-4H3,(H,18,20). The molecule has 5 heteroatoms. The fourth-order valence-electron chi connectivity index (χ4n) is 3.37. The van der Waals surface area contributed by atoms with E-state index in [1.54, 1.807) is 0 Å². The number of rotatable bonds is 4. The van der Waals surface area contributed by atoms with Crippen LogP contribution in [0, 0.1) is 11.8 Å². The van der Waals surface area contributed by atoms with Crippen molar-refractivity contribution in [2.24, 2.45) is 11.8 Å². The lowest BCUT2D eigenvalue weighted by Gasteiger charge is -2.37. The number of amides is 1. The van der Waals surface area contributed by atoms with Crippen LogP contribution in [0.2, 0.25) is 0 Å². The fourth-order valence-corrected chi connectivity index (χ4v) is 3.37. The lowest BCUT2D eigenvalue weighted by atomic mass is 9.91. The summed E-state index contributed by atoms with van der Waals surface area (Å²) in [5.41, 5.74) is -0.440. The topological polar surface area (TPSA) is 50.8 Å². The van der Waals surface area contributed by atoms with Gasteiger partial charge in [-0.3, -0.25) is 0 Å². The lowest BCUT2D eigenvalue weighted by Crippen LogP contribution is -2.48. The number of hydrogen-bond acceptors (Lipinski definition) is 4. The smallest absolute Gasteiger partial charge is 0.407 e. The lowest BCUT2D eigenvalue weighted by molar-refractivity contribution is 0.0463. The molecule has 0 bridgehead atoms. The number of piperidine rings is 1. The van der Waals surface area contributed by atoms with Crippen LogP contribution in [0.4, 0.5) is 4.79 Å². The van der Waals surface area contributed by atoms with Gasteiger partial charge in [0, 0.05) is 25.7 Å². The van der Waals surface area contributed by atoms with Crippen molar-refractivity contribution in [2.45, 2.75) is 58.6 Å². The number of nitrogens with one attached hydrogen (secondary N) is 1. The van der Waals surface area contributed by atoms with E-state index in [4.69, 9.17) is 9.47 Å². The van der Waals surface area contributed by atoms with E-state index in [2.05, 4.69) is 17.1 Å².